The van der Waals surface area contributed by atoms with E-state index in [1.807, 2.05) is 0 Å². The topological polar surface area (TPSA) is 81.3 Å². The molecule has 0 saturated carbocycles. The molecule has 22 heavy (non-hydrogen) atoms. The predicted octanol–water partition coefficient (Wildman–Crippen LogP) is -0.381. The van der Waals surface area contributed by atoms with Gasteiger partial charge in [-0.2, -0.15) is 0 Å². The number of piperazine rings is 2. The Kier molecular flexibility index (Phi) is 4.15. The van der Waals surface area contributed by atoms with E-state index in [2.05, 4.69) is 34.0 Å². The lowest BCUT2D eigenvalue weighted by molar-refractivity contribution is -0.153. The van der Waals surface area contributed by atoms with Crippen LogP contribution in [0.4, 0.5) is 0 Å². The van der Waals surface area contributed by atoms with Crippen LogP contribution in [0.2, 0.25) is 0 Å². The van der Waals surface area contributed by atoms with Crippen LogP contribution in [0.1, 0.15) is 19.5 Å². The Labute approximate surface area is 130 Å². The number of nitrogens with zero attached hydrogens (tertiary/aromatic N) is 3. The third-order valence-electron chi connectivity index (χ3n) is 4.27. The molecule has 2 fully saturated rings. The summed E-state index contributed by atoms with van der Waals surface area (Å²) in [5, 5.41) is 2.87. The van der Waals surface area contributed by atoms with E-state index in [0.717, 1.165) is 18.8 Å². The molecule has 0 spiro atoms. The zero-order valence-electron chi connectivity index (χ0n) is 13.1. The van der Waals surface area contributed by atoms with Gasteiger partial charge < -0.3 is 15.2 Å². The molecule has 3 rings (SSSR count). The molecule has 0 radical (unpaired) electrons. The predicted molar refractivity (Wildman–Crippen MR) is 81.0 cm³/mol. The van der Waals surface area contributed by atoms with Crippen molar-refractivity contribution in [2.45, 2.75) is 32.4 Å². The summed E-state index contributed by atoms with van der Waals surface area (Å²) in [4.78, 5) is 36.0. The van der Waals surface area contributed by atoms with Crippen LogP contribution in [0.25, 0.3) is 0 Å². The maximum atomic E-state index is 12.6. The molecule has 2 atom stereocenters. The fourth-order valence-electron chi connectivity index (χ4n) is 3.29. The molecule has 2 saturated heterocycles. The highest BCUT2D eigenvalue weighted by Crippen LogP contribution is 2.18. The summed E-state index contributed by atoms with van der Waals surface area (Å²) < 4.78 is 0. The second-order valence-corrected chi connectivity index (χ2v) is 6.54. The van der Waals surface area contributed by atoms with Crippen LogP contribution in [-0.4, -0.2) is 69.8 Å². The Morgan fingerprint density at radius 2 is 2.18 bits per heavy atom. The van der Waals surface area contributed by atoms with Crippen LogP contribution in [-0.2, 0) is 16.0 Å². The van der Waals surface area contributed by atoms with Crippen LogP contribution < -0.4 is 5.32 Å². The van der Waals surface area contributed by atoms with Gasteiger partial charge in [0.15, 0.2) is 0 Å². The molecule has 7 heteroatoms. The lowest BCUT2D eigenvalue weighted by Crippen LogP contribution is -2.69. The lowest BCUT2D eigenvalue weighted by atomic mass is 10.0. The van der Waals surface area contributed by atoms with Crippen molar-refractivity contribution in [1.82, 2.24) is 25.1 Å². The van der Waals surface area contributed by atoms with Gasteiger partial charge in [0.2, 0.25) is 11.8 Å². The molecule has 3 heterocycles. The van der Waals surface area contributed by atoms with Gasteiger partial charge in [0.1, 0.15) is 12.1 Å². The summed E-state index contributed by atoms with van der Waals surface area (Å²) in [6, 6.07) is -0.834. The first kappa shape index (κ1) is 15.0. The quantitative estimate of drug-likeness (QED) is 0.794. The van der Waals surface area contributed by atoms with E-state index in [9.17, 15) is 9.59 Å². The summed E-state index contributed by atoms with van der Waals surface area (Å²) in [7, 11) is 0. The molecule has 7 nitrogen and oxygen atoms in total. The van der Waals surface area contributed by atoms with Crippen molar-refractivity contribution in [3.63, 3.8) is 0 Å². The average molecular weight is 305 g/mol. The Hall–Kier alpha value is -1.89. The number of hydrogen-bond donors (Lipinski definition) is 2. The minimum Gasteiger partial charge on any atom is -0.348 e. The lowest BCUT2D eigenvalue weighted by Gasteiger charge is -2.45. The van der Waals surface area contributed by atoms with E-state index in [-0.39, 0.29) is 17.9 Å². The number of carbonyl (C=O) groups excluding carboxylic acids is 2. The molecule has 0 bridgehead atoms. The highest BCUT2D eigenvalue weighted by atomic mass is 16.2. The van der Waals surface area contributed by atoms with E-state index in [0.29, 0.717) is 25.4 Å². The first-order valence-electron chi connectivity index (χ1n) is 7.85. The molecular formula is C15H23N5O2. The Morgan fingerprint density at radius 1 is 1.36 bits per heavy atom. The van der Waals surface area contributed by atoms with Crippen LogP contribution in [0.15, 0.2) is 12.5 Å². The van der Waals surface area contributed by atoms with Crippen LogP contribution in [0.3, 0.4) is 0 Å². The first-order chi connectivity index (χ1) is 10.5. The molecule has 2 aliphatic rings. The van der Waals surface area contributed by atoms with Gasteiger partial charge in [-0.25, -0.2) is 4.98 Å². The second kappa shape index (κ2) is 6.08. The fraction of sp³-hybridized carbons (Fsp3) is 0.667. The SMILES string of the molecule is CC(C)CN1CCN2C(=O)[C@@H](Cc3cnc[nH]3)NC(=O)[C@@H]2C1. The molecule has 120 valence electrons. The molecule has 1 aromatic rings. The van der Waals surface area contributed by atoms with E-state index >= 15 is 0 Å². The maximum absolute atomic E-state index is 12.6. The van der Waals surface area contributed by atoms with E-state index in [4.69, 9.17) is 0 Å². The fourth-order valence-corrected chi connectivity index (χ4v) is 3.29. The molecule has 2 aliphatic heterocycles. The molecule has 0 aromatic carbocycles. The molecule has 2 N–H and O–H groups in total. The smallest absolute Gasteiger partial charge is 0.246 e. The van der Waals surface area contributed by atoms with Gasteiger partial charge in [0, 0.05) is 44.5 Å². The van der Waals surface area contributed by atoms with Crippen molar-refractivity contribution in [2.24, 2.45) is 5.92 Å². The molecule has 0 unspecified atom stereocenters. The number of amides is 2. The minimum atomic E-state index is -0.485. The minimum absolute atomic E-state index is 0.0170. The summed E-state index contributed by atoms with van der Waals surface area (Å²) in [6.07, 6.45) is 3.73. The number of rotatable bonds is 4. The van der Waals surface area contributed by atoms with E-state index < -0.39 is 6.04 Å². The van der Waals surface area contributed by atoms with Crippen LogP contribution in [0, 0.1) is 5.92 Å². The average Bonchev–Trinajstić information content (AvgIpc) is 2.97. The summed E-state index contributed by atoms with van der Waals surface area (Å²) in [5.41, 5.74) is 0.857. The van der Waals surface area contributed by atoms with Crippen molar-refractivity contribution in [2.75, 3.05) is 26.2 Å². The van der Waals surface area contributed by atoms with Gasteiger partial charge in [-0.05, 0) is 5.92 Å². The summed E-state index contributed by atoms with van der Waals surface area (Å²) >= 11 is 0. The summed E-state index contributed by atoms with van der Waals surface area (Å²) in [6.45, 7) is 7.39. The van der Waals surface area contributed by atoms with Gasteiger partial charge in [0.05, 0.1) is 6.33 Å². The first-order valence-corrected chi connectivity index (χ1v) is 7.85. The van der Waals surface area contributed by atoms with Crippen molar-refractivity contribution < 1.29 is 9.59 Å². The van der Waals surface area contributed by atoms with Crippen molar-refractivity contribution in [3.8, 4) is 0 Å². The zero-order valence-corrected chi connectivity index (χ0v) is 13.1. The monoisotopic (exact) mass is 305 g/mol. The Morgan fingerprint density at radius 3 is 2.86 bits per heavy atom. The number of hydrogen-bond acceptors (Lipinski definition) is 4. The molecular weight excluding hydrogens is 282 g/mol. The van der Waals surface area contributed by atoms with E-state index in [1.54, 1.807) is 17.4 Å². The number of imidazole rings is 1. The zero-order chi connectivity index (χ0) is 15.7. The van der Waals surface area contributed by atoms with Gasteiger partial charge in [0.25, 0.3) is 0 Å². The van der Waals surface area contributed by atoms with Crippen molar-refractivity contribution in [1.29, 1.82) is 0 Å². The van der Waals surface area contributed by atoms with Gasteiger partial charge >= 0.3 is 0 Å². The largest absolute Gasteiger partial charge is 0.348 e. The Balaban J connectivity index is 1.67. The van der Waals surface area contributed by atoms with Crippen LogP contribution >= 0.6 is 0 Å². The highest BCUT2D eigenvalue weighted by molar-refractivity contribution is 5.97. The standard InChI is InChI=1S/C15H23N5O2/c1-10(2)7-19-3-4-20-13(8-19)14(21)18-12(15(20)22)5-11-6-16-9-17-11/h6,9-10,12-13H,3-5,7-8H2,1-2H3,(H,16,17)(H,18,21)/t12-,13+/m1/s1. The number of aromatic nitrogens is 2. The van der Waals surface area contributed by atoms with Crippen molar-refractivity contribution in [3.05, 3.63) is 18.2 Å². The number of aromatic amines is 1. The number of nitrogens with one attached hydrogen (secondary N) is 2. The third kappa shape index (κ3) is 2.99. The van der Waals surface area contributed by atoms with Gasteiger partial charge in [-0.1, -0.05) is 13.8 Å². The number of H-pyrrole nitrogens is 1. The normalized spacial score (nSPS) is 26.2. The molecule has 0 aliphatic carbocycles. The third-order valence-corrected chi connectivity index (χ3v) is 4.27. The van der Waals surface area contributed by atoms with Gasteiger partial charge in [-0.3, -0.25) is 14.5 Å². The molecule has 1 aromatic heterocycles. The van der Waals surface area contributed by atoms with Crippen LogP contribution in [0.5, 0.6) is 0 Å². The van der Waals surface area contributed by atoms with Crippen molar-refractivity contribution >= 4 is 11.8 Å². The second-order valence-electron chi connectivity index (χ2n) is 6.54. The maximum Gasteiger partial charge on any atom is 0.246 e. The summed E-state index contributed by atoms with van der Waals surface area (Å²) in [5.74, 6) is 0.531. The number of carbonyl (C=O) groups is 2. The highest BCUT2D eigenvalue weighted by Gasteiger charge is 2.43. The van der Waals surface area contributed by atoms with Gasteiger partial charge in [-0.15, -0.1) is 0 Å². The molecule has 2 amide bonds. The Bertz CT molecular complexity index is 542. The van der Waals surface area contributed by atoms with E-state index in [1.165, 1.54) is 0 Å². The number of fused-ring (bicyclic) bond motifs is 1.